The highest BCUT2D eigenvalue weighted by atomic mass is 19.3. The van der Waals surface area contributed by atoms with E-state index >= 15 is 0 Å². The van der Waals surface area contributed by atoms with E-state index in [1.54, 1.807) is 55.6 Å². The van der Waals surface area contributed by atoms with Crippen molar-refractivity contribution < 1.29 is 68.4 Å². The molecular formula is C50H60F2N10O12. The largest absolute Gasteiger partial charge is 0.507 e. The number of piperazine rings is 1. The van der Waals surface area contributed by atoms with E-state index in [4.69, 9.17) is 9.84 Å². The van der Waals surface area contributed by atoms with Crippen LogP contribution in [0.3, 0.4) is 0 Å². The number of aliphatic carboxylic acids is 3. The molecule has 4 aliphatic heterocycles. The van der Waals surface area contributed by atoms with Crippen molar-refractivity contribution in [3.8, 4) is 23.3 Å². The number of phenolic OH excluding ortho intramolecular Hbond substituents is 2. The Labute approximate surface area is 424 Å². The summed E-state index contributed by atoms with van der Waals surface area (Å²) in [7, 11) is 1.56. The first-order valence-electron chi connectivity index (χ1n) is 24.4. The van der Waals surface area contributed by atoms with Crippen molar-refractivity contribution in [2.45, 2.75) is 94.8 Å². The van der Waals surface area contributed by atoms with Gasteiger partial charge in [0.25, 0.3) is 11.8 Å². The highest BCUT2D eigenvalue weighted by molar-refractivity contribution is 6.06. The number of aryl methyl sites for hydroxylation is 2. The monoisotopic (exact) mass is 1030 g/mol. The molecule has 0 saturated carbocycles. The molecule has 1 aromatic heterocycles. The van der Waals surface area contributed by atoms with Crippen molar-refractivity contribution in [3.05, 3.63) is 88.6 Å². The number of amides is 1. The number of nitriles is 1. The molecule has 0 unspecified atom stereocenters. The van der Waals surface area contributed by atoms with Gasteiger partial charge in [-0.05, 0) is 73.2 Å². The van der Waals surface area contributed by atoms with Crippen molar-refractivity contribution in [2.75, 3.05) is 64.4 Å². The number of ether oxygens (including phenoxy) is 1. The summed E-state index contributed by atoms with van der Waals surface area (Å²) in [6.45, 7) is 3.02. The number of rotatable bonds is 20. The molecule has 0 aliphatic carbocycles. The number of carboxylic acid groups (broad SMARTS) is 3. The average molecular weight is 1030 g/mol. The number of aromatic hydroxyl groups is 2. The zero-order valence-electron chi connectivity index (χ0n) is 40.8. The number of hydrogen-bond donors (Lipinski definition) is 8. The Bertz CT molecular complexity index is 2800. The summed E-state index contributed by atoms with van der Waals surface area (Å²) in [4.78, 5) is 59.9. The van der Waals surface area contributed by atoms with Gasteiger partial charge in [0.2, 0.25) is 0 Å². The minimum atomic E-state index is -3.12. The second-order valence-corrected chi connectivity index (χ2v) is 19.0. The number of phenols is 2. The van der Waals surface area contributed by atoms with E-state index < -0.39 is 73.4 Å². The number of nitrogens with zero attached hydrogens (tertiary/aromatic N) is 9. The van der Waals surface area contributed by atoms with Gasteiger partial charge in [-0.3, -0.25) is 34.1 Å². The van der Waals surface area contributed by atoms with E-state index in [9.17, 15) is 63.9 Å². The number of aromatic nitrogens is 1. The number of nitrogens with one attached hydrogen (secondary N) is 1. The van der Waals surface area contributed by atoms with Gasteiger partial charge in [0, 0.05) is 94.5 Å². The van der Waals surface area contributed by atoms with Crippen molar-refractivity contribution >= 4 is 40.4 Å². The number of benzene rings is 3. The topological polar surface area (TPSA) is 291 Å². The Morgan fingerprint density at radius 2 is 1.65 bits per heavy atom. The predicted octanol–water partition coefficient (Wildman–Crippen LogP) is 2.56. The number of anilines is 1. The lowest BCUT2D eigenvalue weighted by Crippen LogP contribution is -2.58. The van der Waals surface area contributed by atoms with Gasteiger partial charge in [-0.15, -0.1) is 0 Å². The van der Waals surface area contributed by atoms with Crippen LogP contribution >= 0.6 is 0 Å². The zero-order valence-corrected chi connectivity index (χ0v) is 40.8. The quantitative estimate of drug-likeness (QED) is 0.0631. The van der Waals surface area contributed by atoms with Crippen LogP contribution in [0, 0.1) is 11.3 Å². The highest BCUT2D eigenvalue weighted by Crippen LogP contribution is 2.43. The standard InChI is InChI=1S/C50H60F2N10O12/c1-3-42(74-33-7-8-34-35(12-13-54-37(34)23-33)46(69)55-26-41(65)59-28-50(51,52)24-32(59)25-53)58-16-14-57(15-17-58)40(64)10-5-30-20-31-27-62(44(48(70)71)36(21-30)45(31)68)61-19-18-60(47(61)49(72)73)56(2)38-22-29(4-9-39(38)63)6-11-43(66)67/h4,7-9,12-13,20-23,32,40-42,44,47,63-65,68H,3,5-6,10-11,14-19,24,26-28H2,1-2H3,(H,55,69)(H,66,67)(H,70,71)(H,72,73)/t32-,40-,41-,42-,44-,47+/m0/s1. The molecule has 3 fully saturated rings. The van der Waals surface area contributed by atoms with E-state index in [0.717, 1.165) is 4.90 Å². The van der Waals surface area contributed by atoms with Gasteiger partial charge in [0.15, 0.2) is 18.4 Å². The van der Waals surface area contributed by atoms with Crippen LogP contribution in [0.4, 0.5) is 14.5 Å². The number of aliphatic hydroxyl groups is 2. The van der Waals surface area contributed by atoms with Crippen molar-refractivity contribution in [3.63, 3.8) is 0 Å². The molecule has 8 N–H and O–H groups in total. The van der Waals surface area contributed by atoms with Crippen LogP contribution in [0.15, 0.2) is 60.8 Å². The fourth-order valence-electron chi connectivity index (χ4n) is 10.4. The van der Waals surface area contributed by atoms with E-state index in [1.165, 1.54) is 38.4 Å². The van der Waals surface area contributed by atoms with Crippen LogP contribution in [0.2, 0.25) is 0 Å². The Morgan fingerprint density at radius 3 is 2.34 bits per heavy atom. The molecule has 0 spiro atoms. The van der Waals surface area contributed by atoms with Crippen molar-refractivity contribution in [1.29, 1.82) is 5.26 Å². The van der Waals surface area contributed by atoms with E-state index in [0.29, 0.717) is 78.8 Å². The molecule has 1 amide bonds. The van der Waals surface area contributed by atoms with Crippen LogP contribution in [-0.4, -0.2) is 190 Å². The number of carbonyl (C=O) groups excluding carboxylic acids is 1. The minimum Gasteiger partial charge on any atom is -0.507 e. The lowest BCUT2D eigenvalue weighted by Gasteiger charge is -2.43. The molecule has 3 aromatic carbocycles. The number of hydrogen-bond acceptors (Lipinski definition) is 18. The molecule has 6 atom stereocenters. The number of alkyl halides is 2. The second kappa shape index (κ2) is 22.3. The number of aliphatic hydroxyl groups excluding tert-OH is 2. The second-order valence-electron chi connectivity index (χ2n) is 19.0. The lowest BCUT2D eigenvalue weighted by molar-refractivity contribution is -0.175. The molecule has 396 valence electrons. The highest BCUT2D eigenvalue weighted by Gasteiger charge is 2.49. The third-order valence-corrected chi connectivity index (χ3v) is 14.2. The van der Waals surface area contributed by atoms with Gasteiger partial charge in [-0.2, -0.15) is 10.3 Å². The molecule has 4 aromatic rings. The Balaban J connectivity index is 0.854. The number of carbonyl (C=O) groups is 4. The summed E-state index contributed by atoms with van der Waals surface area (Å²) in [5.74, 6) is -7.15. The molecule has 2 bridgehead atoms. The van der Waals surface area contributed by atoms with Crippen LogP contribution in [0.25, 0.3) is 10.9 Å². The number of carboxylic acids is 3. The first kappa shape index (κ1) is 53.5. The molecule has 0 radical (unpaired) electrons. The molecule has 8 rings (SSSR count). The Kier molecular flexibility index (Phi) is 16.1. The Hall–Kier alpha value is -6.82. The maximum Gasteiger partial charge on any atom is 0.339 e. The lowest BCUT2D eigenvalue weighted by atomic mass is 9.92. The van der Waals surface area contributed by atoms with Crippen LogP contribution in [0.1, 0.15) is 71.3 Å². The number of halogens is 2. The third kappa shape index (κ3) is 11.4. The SMILES string of the molecule is CC[C@H](Oc1ccc2c(C(=O)NC[C@H](O)N3CC(F)(F)C[C@H]3C#N)ccnc2c1)N1CCN([C@@H](O)CCc2cc3c(O)c(c2)[C@@H](C(=O)O)N(N2CCN(N(C)c4cc(CCC(=O)O)ccc4O)[C@H]2C(=O)O)C3)CC1. The van der Waals surface area contributed by atoms with Gasteiger partial charge in [-0.1, -0.05) is 19.1 Å². The van der Waals surface area contributed by atoms with Gasteiger partial charge < -0.3 is 50.8 Å². The molecule has 3 saturated heterocycles. The van der Waals surface area contributed by atoms with Crippen LogP contribution in [0.5, 0.6) is 17.2 Å². The van der Waals surface area contributed by atoms with Gasteiger partial charge in [0.1, 0.15) is 35.7 Å². The number of fused-ring (bicyclic) bond motifs is 3. The summed E-state index contributed by atoms with van der Waals surface area (Å²) < 4.78 is 34.3. The average Bonchev–Trinajstić information content (AvgIpc) is 3.96. The first-order chi connectivity index (χ1) is 35.3. The van der Waals surface area contributed by atoms with Crippen molar-refractivity contribution in [2.24, 2.45) is 0 Å². The molecule has 22 nitrogen and oxygen atoms in total. The third-order valence-electron chi connectivity index (χ3n) is 14.2. The van der Waals surface area contributed by atoms with Gasteiger partial charge in [-0.25, -0.2) is 23.6 Å². The molecular weight excluding hydrogens is 971 g/mol. The number of hydrazine groups is 2. The zero-order chi connectivity index (χ0) is 53.2. The minimum absolute atomic E-state index is 0.0785. The van der Waals surface area contributed by atoms with Gasteiger partial charge in [0.05, 0.1) is 35.9 Å². The summed E-state index contributed by atoms with van der Waals surface area (Å²) in [5.41, 5.74) is 2.70. The number of pyridine rings is 1. The van der Waals surface area contributed by atoms with E-state index in [1.807, 2.05) is 11.8 Å². The molecule has 4 aliphatic rings. The normalized spacial score (nSPS) is 22.0. The maximum absolute atomic E-state index is 13.9. The smallest absolute Gasteiger partial charge is 0.339 e. The Morgan fingerprint density at radius 1 is 0.905 bits per heavy atom. The van der Waals surface area contributed by atoms with E-state index in [-0.39, 0.29) is 73.6 Å². The summed E-state index contributed by atoms with van der Waals surface area (Å²) in [5, 5.41) is 92.4. The maximum atomic E-state index is 13.9. The summed E-state index contributed by atoms with van der Waals surface area (Å²) in [6.07, 6.45) is -2.05. The van der Waals surface area contributed by atoms with Crippen LogP contribution < -0.4 is 15.1 Å². The summed E-state index contributed by atoms with van der Waals surface area (Å²) in [6, 6.07) is 13.6. The van der Waals surface area contributed by atoms with Crippen molar-refractivity contribution in [1.82, 2.24) is 40.0 Å². The molecule has 74 heavy (non-hydrogen) atoms. The molecule has 5 heterocycles. The fraction of sp³-hybridized carbons (Fsp3) is 0.480. The predicted molar refractivity (Wildman–Crippen MR) is 259 cm³/mol. The van der Waals surface area contributed by atoms with Gasteiger partial charge >= 0.3 is 17.9 Å². The fourth-order valence-corrected chi connectivity index (χ4v) is 10.4. The summed E-state index contributed by atoms with van der Waals surface area (Å²) >= 11 is 0. The van der Waals surface area contributed by atoms with E-state index in [2.05, 4.69) is 15.2 Å². The molecule has 24 heteroatoms. The first-order valence-corrected chi connectivity index (χ1v) is 24.4. The number of likely N-dealkylation sites (tertiary alicyclic amines) is 1. The van der Waals surface area contributed by atoms with Crippen LogP contribution in [-0.2, 0) is 33.8 Å².